The summed E-state index contributed by atoms with van der Waals surface area (Å²) in [6.07, 6.45) is 2.95. The van der Waals surface area contributed by atoms with Gasteiger partial charge in [-0.15, -0.1) is 0 Å². The zero-order valence-electron chi connectivity index (χ0n) is 18.8. The minimum atomic E-state index is -0.470. The fourth-order valence-corrected chi connectivity index (χ4v) is 4.24. The lowest BCUT2D eigenvalue weighted by molar-refractivity contribution is -0.00778. The second-order valence-corrected chi connectivity index (χ2v) is 9.02. The van der Waals surface area contributed by atoms with E-state index in [0.29, 0.717) is 23.1 Å². The molecule has 1 aliphatic rings. The molecule has 2 aromatic rings. The standard InChI is InChI=1S/C22H32FN5O2/c1-21(2)11-15(12-22(3,4)28(21)5)25-19-16(23)13-24-20(27-19)26-14-8-9-17(29-6)18(10-14)30-7/h8-10,13,15H,11-12H2,1-7H3,(H2,24,25,26,27). The molecule has 0 saturated carbocycles. The van der Waals surface area contributed by atoms with Crippen LogP contribution in [-0.4, -0.2) is 53.3 Å². The van der Waals surface area contributed by atoms with E-state index in [1.54, 1.807) is 26.4 Å². The lowest BCUT2D eigenvalue weighted by Crippen LogP contribution is -2.61. The molecule has 0 spiro atoms. The summed E-state index contributed by atoms with van der Waals surface area (Å²) in [6, 6.07) is 5.49. The number of nitrogens with one attached hydrogen (secondary N) is 2. The molecule has 0 aliphatic carbocycles. The summed E-state index contributed by atoms with van der Waals surface area (Å²) < 4.78 is 25.1. The molecule has 164 valence electrons. The van der Waals surface area contributed by atoms with Gasteiger partial charge in [0.2, 0.25) is 5.95 Å². The number of benzene rings is 1. The molecule has 1 aromatic heterocycles. The van der Waals surface area contributed by atoms with E-state index < -0.39 is 5.82 Å². The third-order valence-corrected chi connectivity index (χ3v) is 6.03. The fraction of sp³-hybridized carbons (Fsp3) is 0.545. The third kappa shape index (κ3) is 4.59. The van der Waals surface area contributed by atoms with Crippen LogP contribution in [0.2, 0.25) is 0 Å². The molecule has 0 amide bonds. The summed E-state index contributed by atoms with van der Waals surface area (Å²) in [7, 11) is 5.30. The highest BCUT2D eigenvalue weighted by atomic mass is 19.1. The topological polar surface area (TPSA) is 71.5 Å². The van der Waals surface area contributed by atoms with Gasteiger partial charge in [-0.2, -0.15) is 4.98 Å². The third-order valence-electron chi connectivity index (χ3n) is 6.03. The Bertz CT molecular complexity index is 885. The Morgan fingerprint density at radius 3 is 2.30 bits per heavy atom. The second-order valence-electron chi connectivity index (χ2n) is 9.02. The zero-order chi connectivity index (χ0) is 22.1. The van der Waals surface area contributed by atoms with Crippen LogP contribution in [0.4, 0.5) is 21.8 Å². The summed E-state index contributed by atoms with van der Waals surface area (Å²) in [5, 5.41) is 6.41. The van der Waals surface area contributed by atoms with Crippen molar-refractivity contribution in [3.63, 3.8) is 0 Å². The van der Waals surface area contributed by atoms with Crippen LogP contribution in [0.3, 0.4) is 0 Å². The van der Waals surface area contributed by atoms with Gasteiger partial charge in [0.25, 0.3) is 0 Å². The summed E-state index contributed by atoms with van der Waals surface area (Å²) in [4.78, 5) is 10.8. The van der Waals surface area contributed by atoms with Crippen LogP contribution >= 0.6 is 0 Å². The first-order valence-electron chi connectivity index (χ1n) is 10.1. The van der Waals surface area contributed by atoms with E-state index in [-0.39, 0.29) is 22.9 Å². The van der Waals surface area contributed by atoms with Gasteiger partial charge in [-0.05, 0) is 59.7 Å². The van der Waals surface area contributed by atoms with Crippen molar-refractivity contribution in [1.29, 1.82) is 0 Å². The van der Waals surface area contributed by atoms with Crippen LogP contribution < -0.4 is 20.1 Å². The van der Waals surface area contributed by atoms with Crippen LogP contribution in [0, 0.1) is 5.82 Å². The van der Waals surface area contributed by atoms with Crippen molar-refractivity contribution >= 4 is 17.5 Å². The molecule has 0 radical (unpaired) electrons. The molecular formula is C22H32FN5O2. The van der Waals surface area contributed by atoms with Gasteiger partial charge in [-0.25, -0.2) is 9.37 Å². The number of methoxy groups -OCH3 is 2. The van der Waals surface area contributed by atoms with Gasteiger partial charge in [0.15, 0.2) is 23.1 Å². The maximum absolute atomic E-state index is 14.5. The minimum Gasteiger partial charge on any atom is -0.493 e. The van der Waals surface area contributed by atoms with Gasteiger partial charge >= 0.3 is 0 Å². The summed E-state index contributed by atoms with van der Waals surface area (Å²) >= 11 is 0. The Balaban J connectivity index is 1.79. The molecule has 0 bridgehead atoms. The molecule has 7 nitrogen and oxygen atoms in total. The Morgan fingerprint density at radius 1 is 1.07 bits per heavy atom. The number of likely N-dealkylation sites (tertiary alicyclic amines) is 1. The van der Waals surface area contributed by atoms with Crippen molar-refractivity contribution in [2.75, 3.05) is 31.9 Å². The van der Waals surface area contributed by atoms with E-state index in [1.807, 2.05) is 6.07 Å². The van der Waals surface area contributed by atoms with E-state index in [2.05, 4.69) is 60.2 Å². The first-order chi connectivity index (χ1) is 14.1. The molecule has 1 fully saturated rings. The molecule has 8 heteroatoms. The first-order valence-corrected chi connectivity index (χ1v) is 10.1. The summed E-state index contributed by atoms with van der Waals surface area (Å²) in [6.45, 7) is 8.85. The number of nitrogens with zero attached hydrogens (tertiary/aromatic N) is 3. The van der Waals surface area contributed by atoms with E-state index >= 15 is 0 Å². The summed E-state index contributed by atoms with van der Waals surface area (Å²) in [5.74, 6) is 1.24. The lowest BCUT2D eigenvalue weighted by atomic mass is 9.77. The van der Waals surface area contributed by atoms with Gasteiger partial charge in [0.05, 0.1) is 20.4 Å². The number of anilines is 3. The Morgan fingerprint density at radius 2 is 1.70 bits per heavy atom. The van der Waals surface area contributed by atoms with Crippen molar-refractivity contribution in [2.24, 2.45) is 0 Å². The molecule has 1 aliphatic heterocycles. The number of hydrogen-bond donors (Lipinski definition) is 2. The van der Waals surface area contributed by atoms with E-state index in [9.17, 15) is 4.39 Å². The predicted molar refractivity (Wildman–Crippen MR) is 117 cm³/mol. The maximum Gasteiger partial charge on any atom is 0.229 e. The highest BCUT2D eigenvalue weighted by Crippen LogP contribution is 2.38. The van der Waals surface area contributed by atoms with Gasteiger partial charge < -0.3 is 20.1 Å². The van der Waals surface area contributed by atoms with Gasteiger partial charge in [0, 0.05) is 28.9 Å². The van der Waals surface area contributed by atoms with Gasteiger partial charge in [0.1, 0.15) is 0 Å². The molecule has 1 aromatic carbocycles. The number of ether oxygens (including phenoxy) is 2. The molecule has 2 heterocycles. The largest absolute Gasteiger partial charge is 0.493 e. The molecular weight excluding hydrogens is 385 g/mol. The van der Waals surface area contributed by atoms with Crippen molar-refractivity contribution in [3.05, 3.63) is 30.2 Å². The second kappa shape index (κ2) is 8.26. The molecule has 0 atom stereocenters. The van der Waals surface area contributed by atoms with Crippen LogP contribution in [0.1, 0.15) is 40.5 Å². The van der Waals surface area contributed by atoms with E-state index in [0.717, 1.165) is 12.8 Å². The van der Waals surface area contributed by atoms with Crippen molar-refractivity contribution in [2.45, 2.75) is 57.7 Å². The number of rotatable bonds is 6. The summed E-state index contributed by atoms with van der Waals surface area (Å²) in [5.41, 5.74) is 0.694. The van der Waals surface area contributed by atoms with E-state index in [4.69, 9.17) is 9.47 Å². The quantitative estimate of drug-likeness (QED) is 0.720. The number of aromatic nitrogens is 2. The SMILES string of the molecule is COc1ccc(Nc2ncc(F)c(NC3CC(C)(C)N(C)C(C)(C)C3)n2)cc1OC. The highest BCUT2D eigenvalue weighted by Gasteiger charge is 2.43. The molecule has 3 rings (SSSR count). The molecule has 1 saturated heterocycles. The maximum atomic E-state index is 14.5. The Labute approximate surface area is 178 Å². The normalized spacial score (nSPS) is 18.7. The fourth-order valence-electron chi connectivity index (χ4n) is 4.24. The Hall–Kier alpha value is -2.61. The first kappa shape index (κ1) is 22.1. The predicted octanol–water partition coefficient (Wildman–Crippen LogP) is 4.44. The van der Waals surface area contributed by atoms with Crippen LogP contribution in [-0.2, 0) is 0 Å². The van der Waals surface area contributed by atoms with Crippen LogP contribution in [0.5, 0.6) is 11.5 Å². The highest BCUT2D eigenvalue weighted by molar-refractivity contribution is 5.60. The Kier molecular flexibility index (Phi) is 6.08. The molecule has 0 unspecified atom stereocenters. The van der Waals surface area contributed by atoms with Crippen LogP contribution in [0.25, 0.3) is 0 Å². The monoisotopic (exact) mass is 417 g/mol. The number of piperidine rings is 1. The lowest BCUT2D eigenvalue weighted by Gasteiger charge is -2.53. The number of hydrogen-bond acceptors (Lipinski definition) is 7. The van der Waals surface area contributed by atoms with E-state index in [1.165, 1.54) is 6.20 Å². The average Bonchev–Trinajstić information content (AvgIpc) is 2.68. The molecule has 30 heavy (non-hydrogen) atoms. The number of halogens is 1. The van der Waals surface area contributed by atoms with Crippen molar-refractivity contribution in [3.8, 4) is 11.5 Å². The average molecular weight is 418 g/mol. The van der Waals surface area contributed by atoms with Gasteiger partial charge in [-0.1, -0.05) is 0 Å². The van der Waals surface area contributed by atoms with Crippen LogP contribution in [0.15, 0.2) is 24.4 Å². The minimum absolute atomic E-state index is 0.0103. The van der Waals surface area contributed by atoms with Gasteiger partial charge in [-0.3, -0.25) is 4.90 Å². The van der Waals surface area contributed by atoms with Crippen molar-refractivity contribution < 1.29 is 13.9 Å². The zero-order valence-corrected chi connectivity index (χ0v) is 18.8. The van der Waals surface area contributed by atoms with Crippen molar-refractivity contribution in [1.82, 2.24) is 14.9 Å². The molecule has 2 N–H and O–H groups in total. The smallest absolute Gasteiger partial charge is 0.229 e.